The highest BCUT2D eigenvalue weighted by atomic mass is 32.2. The number of methoxy groups -OCH3 is 1. The summed E-state index contributed by atoms with van der Waals surface area (Å²) in [6.07, 6.45) is 0.130. The van der Waals surface area contributed by atoms with Crippen molar-refractivity contribution in [3.8, 4) is 0 Å². The Morgan fingerprint density at radius 2 is 1.69 bits per heavy atom. The van der Waals surface area contributed by atoms with E-state index in [1.165, 1.54) is 24.0 Å². The molecule has 1 heterocycles. The van der Waals surface area contributed by atoms with E-state index < -0.39 is 21.9 Å². The van der Waals surface area contributed by atoms with Crippen LogP contribution in [0.2, 0.25) is 0 Å². The minimum Gasteiger partial charge on any atom is -0.453 e. The normalized spacial score (nSPS) is 15.7. The zero-order valence-electron chi connectivity index (χ0n) is 14.7. The molecule has 10 heteroatoms. The Hall–Kier alpha value is -2.20. The van der Waals surface area contributed by atoms with Crippen LogP contribution in [0.15, 0.2) is 29.2 Å². The number of hydrogen-bond donors (Lipinski definition) is 0. The second-order valence-electron chi connectivity index (χ2n) is 5.91. The van der Waals surface area contributed by atoms with Gasteiger partial charge in [0, 0.05) is 33.2 Å². The van der Waals surface area contributed by atoms with Gasteiger partial charge in [0.25, 0.3) is 0 Å². The lowest BCUT2D eigenvalue weighted by atomic mass is 10.3. The van der Waals surface area contributed by atoms with Crippen LogP contribution in [0.25, 0.3) is 0 Å². The molecule has 1 aromatic carbocycles. The van der Waals surface area contributed by atoms with Crippen LogP contribution in [0.5, 0.6) is 0 Å². The van der Waals surface area contributed by atoms with Crippen molar-refractivity contribution in [2.75, 3.05) is 46.9 Å². The highest BCUT2D eigenvalue weighted by Crippen LogP contribution is 2.15. The smallest absolute Gasteiger partial charge is 0.409 e. The maximum Gasteiger partial charge on any atom is 0.409 e. The van der Waals surface area contributed by atoms with Crippen LogP contribution in [0.1, 0.15) is 6.42 Å². The summed E-state index contributed by atoms with van der Waals surface area (Å²) < 4.78 is 43.5. The number of hydrogen-bond acceptors (Lipinski definition) is 5. The van der Waals surface area contributed by atoms with Crippen molar-refractivity contribution in [2.24, 2.45) is 0 Å². The van der Waals surface area contributed by atoms with Gasteiger partial charge in [0.05, 0.1) is 18.6 Å². The van der Waals surface area contributed by atoms with Crippen molar-refractivity contribution in [1.29, 1.82) is 0 Å². The quantitative estimate of drug-likeness (QED) is 0.761. The van der Waals surface area contributed by atoms with Crippen molar-refractivity contribution in [2.45, 2.75) is 11.3 Å². The number of carbonyl (C=O) groups is 2. The third-order valence-electron chi connectivity index (χ3n) is 4.16. The number of likely N-dealkylation sites (N-methyl/N-ethyl adjacent to an activating group) is 1. The first kappa shape index (κ1) is 20.1. The first-order valence-corrected chi connectivity index (χ1v) is 9.52. The van der Waals surface area contributed by atoms with Crippen LogP contribution in [-0.4, -0.2) is 81.4 Å². The molecule has 8 nitrogen and oxygen atoms in total. The Balaban J connectivity index is 2.00. The van der Waals surface area contributed by atoms with E-state index in [0.717, 1.165) is 28.6 Å². The van der Waals surface area contributed by atoms with Crippen LogP contribution in [0.3, 0.4) is 0 Å². The molecule has 1 aliphatic rings. The molecule has 2 rings (SSSR count). The van der Waals surface area contributed by atoms with Crippen molar-refractivity contribution >= 4 is 22.0 Å². The van der Waals surface area contributed by atoms with Gasteiger partial charge in [-0.25, -0.2) is 17.6 Å². The van der Waals surface area contributed by atoms with Gasteiger partial charge in [-0.2, -0.15) is 4.31 Å². The summed E-state index contributed by atoms with van der Waals surface area (Å²) in [7, 11) is -1.29. The molecule has 0 aliphatic carbocycles. The van der Waals surface area contributed by atoms with Gasteiger partial charge in [-0.3, -0.25) is 4.79 Å². The number of carbonyl (C=O) groups excluding carboxylic acids is 2. The number of sulfonamides is 1. The second kappa shape index (κ2) is 8.45. The van der Waals surface area contributed by atoms with E-state index in [1.54, 1.807) is 0 Å². The number of benzene rings is 1. The number of ether oxygens (including phenoxy) is 1. The zero-order valence-corrected chi connectivity index (χ0v) is 15.5. The van der Waals surface area contributed by atoms with Crippen molar-refractivity contribution in [1.82, 2.24) is 14.1 Å². The summed E-state index contributed by atoms with van der Waals surface area (Å²) >= 11 is 0. The van der Waals surface area contributed by atoms with Gasteiger partial charge in [0.1, 0.15) is 5.82 Å². The van der Waals surface area contributed by atoms with Gasteiger partial charge < -0.3 is 14.5 Å². The lowest BCUT2D eigenvalue weighted by Crippen LogP contribution is -2.43. The maximum absolute atomic E-state index is 13.0. The summed E-state index contributed by atoms with van der Waals surface area (Å²) in [6.45, 7) is 1.19. The largest absolute Gasteiger partial charge is 0.453 e. The van der Waals surface area contributed by atoms with Gasteiger partial charge in [0.15, 0.2) is 0 Å². The van der Waals surface area contributed by atoms with Crippen LogP contribution in [0.4, 0.5) is 9.18 Å². The molecule has 0 saturated carbocycles. The van der Waals surface area contributed by atoms with E-state index in [1.807, 2.05) is 0 Å². The van der Waals surface area contributed by atoms with E-state index in [0.29, 0.717) is 32.6 Å². The van der Waals surface area contributed by atoms with Gasteiger partial charge in [-0.15, -0.1) is 0 Å². The number of nitrogens with zero attached hydrogens (tertiary/aromatic N) is 3. The fraction of sp³-hybridized carbons (Fsp3) is 0.500. The molecule has 1 saturated heterocycles. The van der Waals surface area contributed by atoms with Gasteiger partial charge >= 0.3 is 6.09 Å². The molecule has 0 radical (unpaired) electrons. The Labute approximate surface area is 152 Å². The third-order valence-corrected chi connectivity index (χ3v) is 5.98. The van der Waals surface area contributed by atoms with Crippen LogP contribution in [-0.2, 0) is 19.6 Å². The monoisotopic (exact) mass is 387 g/mol. The van der Waals surface area contributed by atoms with Gasteiger partial charge in [-0.05, 0) is 30.7 Å². The summed E-state index contributed by atoms with van der Waals surface area (Å²) in [6, 6.07) is 4.43. The third kappa shape index (κ3) is 4.70. The molecule has 0 N–H and O–H groups in total. The van der Waals surface area contributed by atoms with Crippen molar-refractivity contribution in [3.63, 3.8) is 0 Å². The van der Waals surface area contributed by atoms with E-state index in [9.17, 15) is 22.4 Å². The molecule has 0 atom stereocenters. The fourth-order valence-corrected chi connectivity index (χ4v) is 3.76. The molecule has 0 spiro atoms. The molecule has 1 aliphatic heterocycles. The van der Waals surface area contributed by atoms with Crippen LogP contribution >= 0.6 is 0 Å². The summed E-state index contributed by atoms with van der Waals surface area (Å²) in [5.74, 6) is -0.896. The SMILES string of the molecule is COC(=O)N1CCCN(C(=O)CN(C)S(=O)(=O)c2ccc(F)cc2)CC1. The predicted molar refractivity (Wildman–Crippen MR) is 91.4 cm³/mol. The van der Waals surface area contributed by atoms with E-state index >= 15 is 0 Å². The average molecular weight is 387 g/mol. The lowest BCUT2D eigenvalue weighted by Gasteiger charge is -2.24. The molecule has 1 aromatic rings. The molecule has 0 aromatic heterocycles. The topological polar surface area (TPSA) is 87.2 Å². The number of amides is 2. The van der Waals surface area contributed by atoms with Crippen molar-refractivity contribution < 1.29 is 27.1 Å². The maximum atomic E-state index is 13.0. The summed E-state index contributed by atoms with van der Waals surface area (Å²) in [5.41, 5.74) is 0. The Bertz CT molecular complexity index is 754. The minimum absolute atomic E-state index is 0.0815. The molecule has 144 valence electrons. The molecule has 0 unspecified atom stereocenters. The Kier molecular flexibility index (Phi) is 6.54. The highest BCUT2D eigenvalue weighted by molar-refractivity contribution is 7.89. The highest BCUT2D eigenvalue weighted by Gasteiger charge is 2.27. The standard InChI is InChI=1S/C16H22FN3O5S/c1-18(26(23,24)14-6-4-13(17)5-7-14)12-15(21)19-8-3-9-20(11-10-19)16(22)25-2/h4-7H,3,8-12H2,1-2H3. The molecular formula is C16H22FN3O5S. The van der Waals surface area contributed by atoms with Gasteiger partial charge in [0.2, 0.25) is 15.9 Å². The van der Waals surface area contributed by atoms with Crippen molar-refractivity contribution in [3.05, 3.63) is 30.1 Å². The molecule has 1 fully saturated rings. The number of halogens is 1. The zero-order chi connectivity index (χ0) is 19.3. The van der Waals surface area contributed by atoms with E-state index in [-0.39, 0.29) is 17.3 Å². The van der Waals surface area contributed by atoms with Crippen LogP contribution in [0, 0.1) is 5.82 Å². The Morgan fingerprint density at radius 1 is 1.12 bits per heavy atom. The molecular weight excluding hydrogens is 365 g/mol. The molecule has 0 bridgehead atoms. The summed E-state index contributed by atoms with van der Waals surface area (Å²) in [4.78, 5) is 27.0. The first-order valence-electron chi connectivity index (χ1n) is 8.08. The Morgan fingerprint density at radius 3 is 2.31 bits per heavy atom. The van der Waals surface area contributed by atoms with E-state index in [4.69, 9.17) is 0 Å². The van der Waals surface area contributed by atoms with Crippen LogP contribution < -0.4 is 0 Å². The van der Waals surface area contributed by atoms with Gasteiger partial charge in [-0.1, -0.05) is 0 Å². The average Bonchev–Trinajstić information content (AvgIpc) is 2.87. The number of rotatable bonds is 4. The molecule has 2 amide bonds. The first-order chi connectivity index (χ1) is 12.3. The minimum atomic E-state index is -3.89. The predicted octanol–water partition coefficient (Wildman–Crippen LogP) is 0.747. The summed E-state index contributed by atoms with van der Waals surface area (Å²) in [5, 5.41) is 0. The fourth-order valence-electron chi connectivity index (χ4n) is 2.64. The molecule has 26 heavy (non-hydrogen) atoms. The van der Waals surface area contributed by atoms with E-state index in [2.05, 4.69) is 4.74 Å². The lowest BCUT2D eigenvalue weighted by molar-refractivity contribution is -0.131. The second-order valence-corrected chi connectivity index (χ2v) is 7.95.